The lowest BCUT2D eigenvalue weighted by Gasteiger charge is -2.31. The number of pyridine rings is 1. The third-order valence-corrected chi connectivity index (χ3v) is 3.79. The molecule has 1 aromatic carbocycles. The third kappa shape index (κ3) is 1.27. The van der Waals surface area contributed by atoms with E-state index in [-0.39, 0.29) is 5.56 Å². The predicted molar refractivity (Wildman–Crippen MR) is 78.1 cm³/mol. The minimum absolute atomic E-state index is 0.142. The predicted octanol–water partition coefficient (Wildman–Crippen LogP) is 1.28. The van der Waals surface area contributed by atoms with Crippen molar-refractivity contribution in [2.75, 3.05) is 18.7 Å². The molecule has 1 aliphatic heterocycles. The first-order valence-corrected chi connectivity index (χ1v) is 6.31. The van der Waals surface area contributed by atoms with Gasteiger partial charge in [0.25, 0.3) is 5.56 Å². The molecule has 0 radical (unpaired) electrons. The van der Waals surface area contributed by atoms with Crippen LogP contribution in [0, 0.1) is 5.21 Å². The van der Waals surface area contributed by atoms with Crippen molar-refractivity contribution in [1.29, 1.82) is 0 Å². The van der Waals surface area contributed by atoms with Crippen LogP contribution in [-0.4, -0.2) is 18.1 Å². The molecule has 0 amide bonds. The Hall–Kier alpha value is -2.53. The van der Waals surface area contributed by atoms with E-state index in [0.717, 1.165) is 21.2 Å². The Bertz CT molecular complexity index is 959. The van der Waals surface area contributed by atoms with Crippen LogP contribution >= 0.6 is 0 Å². The maximum atomic E-state index is 12.2. The van der Waals surface area contributed by atoms with Crippen LogP contribution in [0.15, 0.2) is 35.1 Å². The summed E-state index contributed by atoms with van der Waals surface area (Å²) in [6.45, 7) is 0.298. The quantitative estimate of drug-likeness (QED) is 0.666. The molecule has 0 aliphatic carbocycles. The van der Waals surface area contributed by atoms with E-state index in [1.54, 1.807) is 17.6 Å². The molecule has 0 fully saturated rings. The van der Waals surface area contributed by atoms with E-state index in [0.29, 0.717) is 23.5 Å². The molecule has 0 spiro atoms. The lowest BCUT2D eigenvalue weighted by molar-refractivity contribution is 0.415. The van der Waals surface area contributed by atoms with Gasteiger partial charge in [0, 0.05) is 29.3 Å². The van der Waals surface area contributed by atoms with Crippen molar-refractivity contribution in [3.05, 3.63) is 51.1 Å². The van der Waals surface area contributed by atoms with Gasteiger partial charge < -0.3 is 15.0 Å². The van der Waals surface area contributed by atoms with Crippen LogP contribution in [0.5, 0.6) is 5.75 Å². The second-order valence-corrected chi connectivity index (χ2v) is 4.80. The summed E-state index contributed by atoms with van der Waals surface area (Å²) in [5, 5.41) is 14.7. The average Bonchev–Trinajstić information content (AvgIpc) is 2.80. The van der Waals surface area contributed by atoms with Gasteiger partial charge in [0.1, 0.15) is 5.75 Å². The van der Waals surface area contributed by atoms with Gasteiger partial charge in [-0.2, -0.15) is 0 Å². The molecule has 5 nitrogen and oxygen atoms in total. The van der Waals surface area contributed by atoms with Crippen molar-refractivity contribution >= 4 is 28.2 Å². The SMILES string of the molecule is COc1ccc2c3c4c(ccc(=O)n4c2c1)N([O-])CC=3. The van der Waals surface area contributed by atoms with Crippen LogP contribution in [0.3, 0.4) is 0 Å². The van der Waals surface area contributed by atoms with E-state index in [9.17, 15) is 10.0 Å². The molecule has 20 heavy (non-hydrogen) atoms. The first-order valence-electron chi connectivity index (χ1n) is 6.31. The van der Waals surface area contributed by atoms with Gasteiger partial charge in [-0.15, -0.1) is 0 Å². The molecule has 4 rings (SSSR count). The maximum absolute atomic E-state index is 12.2. The van der Waals surface area contributed by atoms with E-state index >= 15 is 0 Å². The Balaban J connectivity index is 2.34. The fraction of sp³-hybridized carbons (Fsp3) is 0.133. The molecule has 0 bridgehead atoms. The number of nitrogens with zero attached hydrogens (tertiary/aromatic N) is 2. The highest BCUT2D eigenvalue weighted by molar-refractivity contribution is 5.96. The summed E-state index contributed by atoms with van der Waals surface area (Å²) in [4.78, 5) is 12.2. The second kappa shape index (κ2) is 3.74. The number of benzene rings is 1. The highest BCUT2D eigenvalue weighted by Gasteiger charge is 2.16. The molecule has 0 atom stereocenters. The van der Waals surface area contributed by atoms with Gasteiger partial charge in [0.2, 0.25) is 0 Å². The van der Waals surface area contributed by atoms with Crippen molar-refractivity contribution in [2.45, 2.75) is 0 Å². The Labute approximate surface area is 113 Å². The van der Waals surface area contributed by atoms with Crippen molar-refractivity contribution in [2.24, 2.45) is 0 Å². The number of rotatable bonds is 1. The van der Waals surface area contributed by atoms with E-state index in [4.69, 9.17) is 4.74 Å². The van der Waals surface area contributed by atoms with E-state index in [1.807, 2.05) is 24.3 Å². The van der Waals surface area contributed by atoms with E-state index in [1.165, 1.54) is 6.07 Å². The van der Waals surface area contributed by atoms with Crippen molar-refractivity contribution in [3.8, 4) is 5.75 Å². The molecular weight excluding hydrogens is 256 g/mol. The summed E-state index contributed by atoms with van der Waals surface area (Å²) in [7, 11) is 1.59. The van der Waals surface area contributed by atoms with Gasteiger partial charge in [-0.1, -0.05) is 6.08 Å². The molecule has 3 heterocycles. The summed E-state index contributed by atoms with van der Waals surface area (Å²) < 4.78 is 6.81. The van der Waals surface area contributed by atoms with Crippen LogP contribution in [0.2, 0.25) is 0 Å². The largest absolute Gasteiger partial charge is 0.758 e. The molecule has 5 heteroatoms. The fourth-order valence-corrected chi connectivity index (χ4v) is 2.89. The molecule has 3 aromatic rings. The fourth-order valence-electron chi connectivity index (χ4n) is 2.89. The maximum Gasteiger partial charge on any atom is 0.255 e. The van der Waals surface area contributed by atoms with Crippen LogP contribution in [-0.2, 0) is 0 Å². The molecule has 0 saturated carbocycles. The van der Waals surface area contributed by atoms with Crippen molar-refractivity contribution in [3.63, 3.8) is 0 Å². The first-order chi connectivity index (χ1) is 9.70. The topological polar surface area (TPSA) is 57.0 Å². The zero-order valence-corrected chi connectivity index (χ0v) is 10.8. The van der Waals surface area contributed by atoms with Gasteiger partial charge >= 0.3 is 0 Å². The molecule has 100 valence electrons. The second-order valence-electron chi connectivity index (χ2n) is 4.80. The van der Waals surface area contributed by atoms with Crippen molar-refractivity contribution < 1.29 is 4.74 Å². The Kier molecular flexibility index (Phi) is 2.11. The Morgan fingerprint density at radius 3 is 2.90 bits per heavy atom. The first kappa shape index (κ1) is 11.3. The lowest BCUT2D eigenvalue weighted by atomic mass is 10.1. The number of hydrogen-bond donors (Lipinski definition) is 0. The number of ether oxygens (including phenoxy) is 1. The minimum Gasteiger partial charge on any atom is -0.758 e. The monoisotopic (exact) mass is 267 g/mol. The standard InChI is InChI=1S/C15H11N2O3/c1-20-9-2-3-10-11-6-7-16(19)12-4-5-14(18)17(15(11)12)13(10)8-9/h2-6,8H,7H2,1H3/q-1. The van der Waals surface area contributed by atoms with Gasteiger partial charge in [-0.05, 0) is 18.2 Å². The zero-order chi connectivity index (χ0) is 13.9. The number of hydroxylamine groups is 1. The van der Waals surface area contributed by atoms with Gasteiger partial charge in [-0.25, -0.2) is 0 Å². The van der Waals surface area contributed by atoms with Gasteiger partial charge in [0.05, 0.1) is 23.8 Å². The number of anilines is 1. The van der Waals surface area contributed by atoms with Gasteiger partial charge in [-0.3, -0.25) is 9.20 Å². The van der Waals surface area contributed by atoms with Crippen molar-refractivity contribution in [1.82, 2.24) is 4.40 Å². The zero-order valence-electron chi connectivity index (χ0n) is 10.8. The summed E-state index contributed by atoms with van der Waals surface area (Å²) in [5.74, 6) is 0.687. The van der Waals surface area contributed by atoms with E-state index < -0.39 is 0 Å². The third-order valence-electron chi connectivity index (χ3n) is 3.79. The highest BCUT2D eigenvalue weighted by atomic mass is 16.5. The molecule has 0 unspecified atom stereocenters. The summed E-state index contributed by atoms with van der Waals surface area (Å²) in [6, 6.07) is 8.64. The number of hydrogen-bond acceptors (Lipinski definition) is 4. The minimum atomic E-state index is -0.142. The Morgan fingerprint density at radius 2 is 2.10 bits per heavy atom. The summed E-state index contributed by atoms with van der Waals surface area (Å²) in [5.41, 5.74) is 1.85. The van der Waals surface area contributed by atoms with Crippen LogP contribution < -0.4 is 20.6 Å². The molecular formula is C15H11N2O3-. The van der Waals surface area contributed by atoms with E-state index in [2.05, 4.69) is 0 Å². The molecule has 0 saturated heterocycles. The highest BCUT2D eigenvalue weighted by Crippen LogP contribution is 2.26. The van der Waals surface area contributed by atoms with Crippen LogP contribution in [0.1, 0.15) is 0 Å². The van der Waals surface area contributed by atoms with Crippen LogP contribution in [0.4, 0.5) is 5.69 Å². The Morgan fingerprint density at radius 1 is 1.25 bits per heavy atom. The number of fused-ring (bicyclic) bond motifs is 3. The molecule has 1 aliphatic rings. The van der Waals surface area contributed by atoms with Gasteiger partial charge in [0.15, 0.2) is 0 Å². The molecule has 2 aromatic heterocycles. The number of methoxy groups -OCH3 is 1. The van der Waals surface area contributed by atoms with Crippen LogP contribution in [0.25, 0.3) is 22.5 Å². The average molecular weight is 267 g/mol. The smallest absolute Gasteiger partial charge is 0.255 e. The lowest BCUT2D eigenvalue weighted by Crippen LogP contribution is -2.25. The number of aromatic nitrogens is 1. The molecule has 0 N–H and O–H groups in total. The normalized spacial score (nSPS) is 13.8. The summed E-state index contributed by atoms with van der Waals surface area (Å²) in [6.07, 6.45) is 1.86. The summed E-state index contributed by atoms with van der Waals surface area (Å²) >= 11 is 0.